The highest BCUT2D eigenvalue weighted by atomic mass is 15.1. The Morgan fingerprint density at radius 1 is 0.784 bits per heavy atom. The summed E-state index contributed by atoms with van der Waals surface area (Å²) in [5.41, 5.74) is 9.89. The van der Waals surface area contributed by atoms with Crippen LogP contribution >= 0.6 is 0 Å². The quantitative estimate of drug-likeness (QED) is 0.137. The number of fused-ring (bicyclic) bond motifs is 6. The van der Waals surface area contributed by atoms with Gasteiger partial charge in [-0.3, -0.25) is 0 Å². The molecule has 0 amide bonds. The van der Waals surface area contributed by atoms with Crippen molar-refractivity contribution < 1.29 is 4.57 Å². The van der Waals surface area contributed by atoms with Gasteiger partial charge in [0.25, 0.3) is 5.65 Å². The van der Waals surface area contributed by atoms with Crippen LogP contribution in [0.1, 0.15) is 79.9 Å². The molecule has 0 bridgehead atoms. The van der Waals surface area contributed by atoms with Gasteiger partial charge in [-0.05, 0) is 67.7 Å². The van der Waals surface area contributed by atoms with Crippen molar-refractivity contribution in [1.82, 2.24) is 4.40 Å². The molecule has 5 aromatic rings. The van der Waals surface area contributed by atoms with E-state index >= 15 is 0 Å². The van der Waals surface area contributed by atoms with Gasteiger partial charge >= 0.3 is 0 Å². The molecule has 2 aromatic heterocycles. The predicted octanol–water partition coefficient (Wildman–Crippen LogP) is 8.92. The normalized spacial score (nSPS) is 18.8. The molecule has 1 fully saturated rings. The lowest BCUT2D eigenvalue weighted by Crippen LogP contribution is -2.26. The lowest BCUT2D eigenvalue weighted by Gasteiger charge is -2.27. The Labute approximate surface area is 220 Å². The van der Waals surface area contributed by atoms with E-state index in [0.29, 0.717) is 11.8 Å². The number of aryl methyl sites for hydroxylation is 2. The van der Waals surface area contributed by atoms with Gasteiger partial charge in [0.2, 0.25) is 0 Å². The monoisotopic (exact) mass is 485 g/mol. The van der Waals surface area contributed by atoms with E-state index in [4.69, 9.17) is 0 Å². The van der Waals surface area contributed by atoms with Gasteiger partial charge in [-0.15, -0.1) is 0 Å². The topological polar surface area (TPSA) is 8.29 Å². The standard InChI is InChI=1S/C35H37N2/c1-24-13-11-21-30-29-18-9-10-22-31(29)37-32(23-36(2)35(37)33(24)30)34-27(25-14-5-3-6-15-25)19-12-20-28(34)26-16-7-4-8-17-26/h5,9-14,18-23,25-26H,3-4,6-8,15-17H2,1-2H3/q+1. The molecule has 1 unspecified atom stereocenters. The first-order chi connectivity index (χ1) is 18.2. The smallest absolute Gasteiger partial charge is 0.232 e. The van der Waals surface area contributed by atoms with Gasteiger partial charge in [0.1, 0.15) is 11.7 Å². The van der Waals surface area contributed by atoms with Gasteiger partial charge < -0.3 is 0 Å². The Hall–Kier alpha value is -3.39. The van der Waals surface area contributed by atoms with Crippen molar-refractivity contribution >= 4 is 27.3 Å². The Morgan fingerprint density at radius 2 is 1.57 bits per heavy atom. The zero-order valence-electron chi connectivity index (χ0n) is 22.2. The fraction of sp³-hybridized carbons (Fsp3) is 0.343. The molecule has 0 spiro atoms. The predicted molar refractivity (Wildman–Crippen MR) is 155 cm³/mol. The molecule has 1 atom stereocenters. The highest BCUT2D eigenvalue weighted by molar-refractivity contribution is 6.12. The van der Waals surface area contributed by atoms with Crippen LogP contribution in [0.4, 0.5) is 0 Å². The second kappa shape index (κ2) is 9.17. The van der Waals surface area contributed by atoms with Crippen molar-refractivity contribution in [1.29, 1.82) is 0 Å². The number of hydrogen-bond donors (Lipinski definition) is 0. The number of hydrogen-bond acceptors (Lipinski definition) is 0. The number of pyridine rings is 1. The SMILES string of the molecule is Cc1cccc2c3ccccc3n3c(-c4c(C5C=CCCC5)cccc4C4CCCCC4)c[n+](C)c3c12. The lowest BCUT2D eigenvalue weighted by molar-refractivity contribution is -0.643. The molecule has 186 valence electrons. The molecule has 2 heterocycles. The van der Waals surface area contributed by atoms with Crippen molar-refractivity contribution in [2.24, 2.45) is 7.05 Å². The minimum absolute atomic E-state index is 0.497. The molecular weight excluding hydrogens is 448 g/mol. The maximum absolute atomic E-state index is 2.59. The average Bonchev–Trinajstić information content (AvgIpc) is 3.30. The van der Waals surface area contributed by atoms with E-state index < -0.39 is 0 Å². The average molecular weight is 486 g/mol. The van der Waals surface area contributed by atoms with Crippen LogP contribution in [0.15, 0.2) is 79.0 Å². The molecule has 2 aliphatic carbocycles. The molecule has 7 rings (SSSR count). The molecule has 0 aliphatic heterocycles. The van der Waals surface area contributed by atoms with E-state index in [1.807, 2.05) is 0 Å². The summed E-state index contributed by atoms with van der Waals surface area (Å²) in [6.07, 6.45) is 17.8. The third-order valence-corrected chi connectivity index (χ3v) is 9.12. The second-order valence-corrected chi connectivity index (χ2v) is 11.4. The summed E-state index contributed by atoms with van der Waals surface area (Å²) >= 11 is 0. The van der Waals surface area contributed by atoms with Gasteiger partial charge in [-0.2, -0.15) is 4.40 Å². The fourth-order valence-corrected chi connectivity index (χ4v) is 7.39. The molecule has 0 N–H and O–H groups in total. The van der Waals surface area contributed by atoms with Crippen LogP contribution in [0.2, 0.25) is 0 Å². The maximum Gasteiger partial charge on any atom is 0.295 e. The number of para-hydroxylation sites is 1. The van der Waals surface area contributed by atoms with E-state index in [2.05, 4.69) is 102 Å². The number of imidazole rings is 1. The van der Waals surface area contributed by atoms with E-state index in [1.165, 1.54) is 101 Å². The Morgan fingerprint density at radius 3 is 2.41 bits per heavy atom. The number of aromatic nitrogens is 2. The van der Waals surface area contributed by atoms with Crippen LogP contribution < -0.4 is 4.57 Å². The van der Waals surface area contributed by atoms with E-state index in [0.717, 1.165) is 0 Å². The lowest BCUT2D eigenvalue weighted by atomic mass is 9.77. The summed E-state index contributed by atoms with van der Waals surface area (Å²) in [5, 5.41) is 4.05. The summed E-state index contributed by atoms with van der Waals surface area (Å²) in [5.74, 6) is 1.15. The molecule has 2 heteroatoms. The van der Waals surface area contributed by atoms with Gasteiger partial charge in [0.05, 0.1) is 12.4 Å². The number of benzene rings is 3. The summed E-state index contributed by atoms with van der Waals surface area (Å²) in [6, 6.07) is 23.0. The highest BCUT2D eigenvalue weighted by Gasteiger charge is 2.31. The molecule has 2 aliphatic rings. The molecule has 37 heavy (non-hydrogen) atoms. The molecule has 0 saturated heterocycles. The van der Waals surface area contributed by atoms with E-state index in [1.54, 1.807) is 5.56 Å². The van der Waals surface area contributed by atoms with Crippen molar-refractivity contribution in [3.8, 4) is 11.3 Å². The van der Waals surface area contributed by atoms with Gasteiger partial charge in [0.15, 0.2) is 5.69 Å². The van der Waals surface area contributed by atoms with Crippen LogP contribution in [0, 0.1) is 6.92 Å². The first kappa shape index (κ1) is 22.8. The highest BCUT2D eigenvalue weighted by Crippen LogP contribution is 2.44. The Kier molecular flexibility index (Phi) is 5.65. The van der Waals surface area contributed by atoms with E-state index in [9.17, 15) is 0 Å². The van der Waals surface area contributed by atoms with Crippen LogP contribution in [-0.4, -0.2) is 4.40 Å². The van der Waals surface area contributed by atoms with Crippen LogP contribution in [0.3, 0.4) is 0 Å². The fourth-order valence-electron chi connectivity index (χ4n) is 7.39. The summed E-state index contributed by atoms with van der Waals surface area (Å²) < 4.78 is 4.97. The van der Waals surface area contributed by atoms with Crippen LogP contribution in [-0.2, 0) is 7.05 Å². The number of nitrogens with zero attached hydrogens (tertiary/aromatic N) is 2. The first-order valence-corrected chi connectivity index (χ1v) is 14.3. The van der Waals surface area contributed by atoms with Crippen molar-refractivity contribution in [3.05, 3.63) is 95.7 Å². The Bertz CT molecular complexity index is 1660. The zero-order chi connectivity index (χ0) is 24.9. The molecule has 1 saturated carbocycles. The maximum atomic E-state index is 2.59. The van der Waals surface area contributed by atoms with Crippen molar-refractivity contribution in [2.75, 3.05) is 0 Å². The molecular formula is C35H37N2+. The zero-order valence-corrected chi connectivity index (χ0v) is 22.2. The summed E-state index contributed by atoms with van der Waals surface area (Å²) in [7, 11) is 2.24. The largest absolute Gasteiger partial charge is 0.295 e. The first-order valence-electron chi connectivity index (χ1n) is 14.3. The van der Waals surface area contributed by atoms with Crippen LogP contribution in [0.25, 0.3) is 38.6 Å². The molecule has 0 radical (unpaired) electrons. The van der Waals surface area contributed by atoms with Gasteiger partial charge in [-0.1, -0.05) is 86.0 Å². The van der Waals surface area contributed by atoms with Gasteiger partial charge in [0, 0.05) is 22.3 Å². The number of rotatable bonds is 3. The minimum Gasteiger partial charge on any atom is -0.232 e. The summed E-state index contributed by atoms with van der Waals surface area (Å²) in [4.78, 5) is 0. The van der Waals surface area contributed by atoms with Gasteiger partial charge in [-0.25, -0.2) is 4.57 Å². The molecule has 3 aromatic carbocycles. The second-order valence-electron chi connectivity index (χ2n) is 11.4. The Balaban J connectivity index is 1.62. The third kappa shape index (κ3) is 3.64. The summed E-state index contributed by atoms with van der Waals surface area (Å²) in [6.45, 7) is 2.26. The third-order valence-electron chi connectivity index (χ3n) is 9.12. The van der Waals surface area contributed by atoms with Crippen molar-refractivity contribution in [3.63, 3.8) is 0 Å². The minimum atomic E-state index is 0.497. The van der Waals surface area contributed by atoms with E-state index in [-0.39, 0.29) is 0 Å². The molecule has 2 nitrogen and oxygen atoms in total. The number of allylic oxidation sites excluding steroid dienone is 2. The van der Waals surface area contributed by atoms with Crippen molar-refractivity contribution in [2.45, 2.75) is 70.1 Å². The van der Waals surface area contributed by atoms with Crippen LogP contribution in [0.5, 0.6) is 0 Å².